The second-order valence-corrected chi connectivity index (χ2v) is 7.57. The van der Waals surface area contributed by atoms with Crippen molar-refractivity contribution in [3.8, 4) is 6.07 Å². The van der Waals surface area contributed by atoms with E-state index >= 15 is 0 Å². The SMILES string of the molecule is N#Cc1ccc(NC(=O)Nc2ccc(N3CCCS3(=O)=O)cc2)cc1. The van der Waals surface area contributed by atoms with Gasteiger partial charge in [0.05, 0.1) is 23.1 Å². The largest absolute Gasteiger partial charge is 0.323 e. The van der Waals surface area contributed by atoms with Crippen LogP contribution in [0.25, 0.3) is 0 Å². The van der Waals surface area contributed by atoms with Gasteiger partial charge in [-0.15, -0.1) is 0 Å². The monoisotopic (exact) mass is 356 g/mol. The molecule has 128 valence electrons. The van der Waals surface area contributed by atoms with Gasteiger partial charge in [-0.25, -0.2) is 13.2 Å². The van der Waals surface area contributed by atoms with Crippen LogP contribution in [-0.4, -0.2) is 26.7 Å². The smallest absolute Gasteiger partial charge is 0.308 e. The number of urea groups is 1. The van der Waals surface area contributed by atoms with Gasteiger partial charge in [0.25, 0.3) is 0 Å². The van der Waals surface area contributed by atoms with Crippen molar-refractivity contribution >= 4 is 33.1 Å². The third-order valence-electron chi connectivity index (χ3n) is 3.78. The van der Waals surface area contributed by atoms with Crippen LogP contribution in [0, 0.1) is 11.3 Å². The lowest BCUT2D eigenvalue weighted by Crippen LogP contribution is -2.25. The van der Waals surface area contributed by atoms with E-state index in [9.17, 15) is 13.2 Å². The maximum atomic E-state index is 12.0. The first kappa shape index (κ1) is 16.8. The Bertz CT molecular complexity index is 916. The van der Waals surface area contributed by atoms with E-state index in [-0.39, 0.29) is 5.75 Å². The fourth-order valence-electron chi connectivity index (χ4n) is 2.56. The quantitative estimate of drug-likeness (QED) is 0.882. The van der Waals surface area contributed by atoms with Gasteiger partial charge < -0.3 is 10.6 Å². The number of nitriles is 1. The van der Waals surface area contributed by atoms with Crippen LogP contribution in [-0.2, 0) is 10.0 Å². The fourth-order valence-corrected chi connectivity index (χ4v) is 4.13. The van der Waals surface area contributed by atoms with E-state index in [1.807, 2.05) is 6.07 Å². The van der Waals surface area contributed by atoms with Crippen molar-refractivity contribution in [2.24, 2.45) is 0 Å². The Morgan fingerprint density at radius 1 is 1.00 bits per heavy atom. The Morgan fingerprint density at radius 2 is 1.56 bits per heavy atom. The lowest BCUT2D eigenvalue weighted by molar-refractivity contribution is 0.262. The minimum Gasteiger partial charge on any atom is -0.308 e. The zero-order chi connectivity index (χ0) is 17.9. The predicted molar refractivity (Wildman–Crippen MR) is 96.0 cm³/mol. The number of anilines is 3. The Balaban J connectivity index is 1.63. The van der Waals surface area contributed by atoms with Crippen molar-refractivity contribution in [2.75, 3.05) is 27.2 Å². The summed E-state index contributed by atoms with van der Waals surface area (Å²) in [7, 11) is -3.21. The summed E-state index contributed by atoms with van der Waals surface area (Å²) in [5, 5.41) is 14.1. The first-order valence-corrected chi connectivity index (χ1v) is 9.27. The molecule has 0 aromatic heterocycles. The highest BCUT2D eigenvalue weighted by atomic mass is 32.2. The third kappa shape index (κ3) is 3.89. The number of hydrogen-bond acceptors (Lipinski definition) is 4. The zero-order valence-corrected chi connectivity index (χ0v) is 14.1. The molecule has 0 radical (unpaired) electrons. The summed E-state index contributed by atoms with van der Waals surface area (Å²) < 4.78 is 25.2. The Kier molecular flexibility index (Phi) is 4.59. The average Bonchev–Trinajstić information content (AvgIpc) is 2.95. The number of sulfonamides is 1. The molecule has 0 bridgehead atoms. The Labute approximate surface area is 145 Å². The van der Waals surface area contributed by atoms with Gasteiger partial charge in [0, 0.05) is 17.9 Å². The summed E-state index contributed by atoms with van der Waals surface area (Å²) in [5.41, 5.74) is 2.22. The number of amides is 2. The molecule has 2 aromatic carbocycles. The van der Waals surface area contributed by atoms with Crippen LogP contribution >= 0.6 is 0 Å². The molecule has 25 heavy (non-hydrogen) atoms. The Hall–Kier alpha value is -3.05. The molecular formula is C17H16N4O3S. The topological polar surface area (TPSA) is 102 Å². The van der Waals surface area contributed by atoms with E-state index in [1.165, 1.54) is 4.31 Å². The van der Waals surface area contributed by atoms with E-state index in [0.29, 0.717) is 35.6 Å². The van der Waals surface area contributed by atoms with E-state index < -0.39 is 16.1 Å². The number of nitrogens with zero attached hydrogens (tertiary/aromatic N) is 2. The van der Waals surface area contributed by atoms with Crippen LogP contribution in [0.3, 0.4) is 0 Å². The fraction of sp³-hybridized carbons (Fsp3) is 0.176. The molecule has 0 saturated carbocycles. The number of hydrogen-bond donors (Lipinski definition) is 2. The average molecular weight is 356 g/mol. The van der Waals surface area contributed by atoms with Gasteiger partial charge >= 0.3 is 6.03 Å². The molecule has 0 unspecified atom stereocenters. The third-order valence-corrected chi connectivity index (χ3v) is 5.65. The van der Waals surface area contributed by atoms with Crippen LogP contribution in [0.5, 0.6) is 0 Å². The van der Waals surface area contributed by atoms with Gasteiger partial charge in [0.1, 0.15) is 0 Å². The summed E-state index contributed by atoms with van der Waals surface area (Å²) in [6, 6.07) is 14.7. The van der Waals surface area contributed by atoms with Crippen molar-refractivity contribution < 1.29 is 13.2 Å². The van der Waals surface area contributed by atoms with Crippen molar-refractivity contribution in [1.82, 2.24) is 0 Å². The van der Waals surface area contributed by atoms with E-state index in [0.717, 1.165) is 0 Å². The summed E-state index contributed by atoms with van der Waals surface area (Å²) in [6.45, 7) is 0.480. The molecule has 1 aliphatic heterocycles. The van der Waals surface area contributed by atoms with Gasteiger partial charge in [-0.2, -0.15) is 5.26 Å². The molecule has 1 aliphatic rings. The molecule has 7 nitrogen and oxygen atoms in total. The van der Waals surface area contributed by atoms with E-state index in [1.54, 1.807) is 48.5 Å². The molecule has 2 amide bonds. The number of nitrogens with one attached hydrogen (secondary N) is 2. The summed E-state index contributed by atoms with van der Waals surface area (Å²) in [4.78, 5) is 12.0. The van der Waals surface area contributed by atoms with Crippen LogP contribution < -0.4 is 14.9 Å². The van der Waals surface area contributed by atoms with Crippen molar-refractivity contribution in [3.63, 3.8) is 0 Å². The first-order valence-electron chi connectivity index (χ1n) is 7.66. The van der Waals surface area contributed by atoms with E-state index in [4.69, 9.17) is 5.26 Å². The van der Waals surface area contributed by atoms with Gasteiger partial charge in [-0.3, -0.25) is 4.31 Å². The Morgan fingerprint density at radius 3 is 2.04 bits per heavy atom. The maximum Gasteiger partial charge on any atom is 0.323 e. The molecule has 1 fully saturated rings. The molecule has 8 heteroatoms. The number of carbonyl (C=O) groups excluding carboxylic acids is 1. The van der Waals surface area contributed by atoms with Gasteiger partial charge in [-0.1, -0.05) is 0 Å². The van der Waals surface area contributed by atoms with Gasteiger partial charge in [-0.05, 0) is 55.0 Å². The lowest BCUT2D eigenvalue weighted by Gasteiger charge is -2.17. The van der Waals surface area contributed by atoms with Gasteiger partial charge in [0.15, 0.2) is 0 Å². The molecule has 0 spiro atoms. The van der Waals surface area contributed by atoms with Crippen molar-refractivity contribution in [2.45, 2.75) is 6.42 Å². The molecule has 2 aromatic rings. The molecule has 0 atom stereocenters. The second-order valence-electron chi connectivity index (χ2n) is 5.56. The van der Waals surface area contributed by atoms with Crippen molar-refractivity contribution in [1.29, 1.82) is 5.26 Å². The molecule has 0 aliphatic carbocycles. The summed E-state index contributed by atoms with van der Waals surface area (Å²) in [5.74, 6) is 0.167. The zero-order valence-electron chi connectivity index (χ0n) is 13.3. The highest BCUT2D eigenvalue weighted by Gasteiger charge is 2.28. The lowest BCUT2D eigenvalue weighted by atomic mass is 10.2. The standard InChI is InChI=1S/C17H16N4O3S/c18-12-13-2-4-14(5-3-13)19-17(22)20-15-6-8-16(9-7-15)21-10-1-11-25(21,23)24/h2-9H,1,10-11H2,(H2,19,20,22). The van der Waals surface area contributed by atoms with Crippen LogP contribution in [0.4, 0.5) is 21.9 Å². The summed E-state index contributed by atoms with van der Waals surface area (Å²) >= 11 is 0. The number of benzene rings is 2. The molecular weight excluding hydrogens is 340 g/mol. The summed E-state index contributed by atoms with van der Waals surface area (Å²) in [6.07, 6.45) is 0.620. The molecule has 1 heterocycles. The normalized spacial score (nSPS) is 15.4. The molecule has 1 saturated heterocycles. The highest BCUT2D eigenvalue weighted by molar-refractivity contribution is 7.93. The van der Waals surface area contributed by atoms with Crippen molar-refractivity contribution in [3.05, 3.63) is 54.1 Å². The van der Waals surface area contributed by atoms with Crippen LogP contribution in [0.2, 0.25) is 0 Å². The molecule has 2 N–H and O–H groups in total. The van der Waals surface area contributed by atoms with E-state index in [2.05, 4.69) is 10.6 Å². The predicted octanol–water partition coefficient (Wildman–Crippen LogP) is 2.74. The number of carbonyl (C=O) groups is 1. The maximum absolute atomic E-state index is 12.0. The van der Waals surface area contributed by atoms with Gasteiger partial charge in [0.2, 0.25) is 10.0 Å². The minimum atomic E-state index is -3.21. The second kappa shape index (κ2) is 6.83. The first-order chi connectivity index (χ1) is 12.0. The highest BCUT2D eigenvalue weighted by Crippen LogP contribution is 2.25. The van der Waals surface area contributed by atoms with Crippen LogP contribution in [0.1, 0.15) is 12.0 Å². The number of rotatable bonds is 3. The molecule has 3 rings (SSSR count). The van der Waals surface area contributed by atoms with Crippen LogP contribution in [0.15, 0.2) is 48.5 Å². The minimum absolute atomic E-state index is 0.167.